The van der Waals surface area contributed by atoms with Gasteiger partial charge >= 0.3 is 0 Å². The molecule has 0 radical (unpaired) electrons. The van der Waals surface area contributed by atoms with Crippen molar-refractivity contribution in [3.63, 3.8) is 0 Å². The van der Waals surface area contributed by atoms with Crippen LogP contribution in [0.4, 0.5) is 0 Å². The van der Waals surface area contributed by atoms with Crippen molar-refractivity contribution in [2.45, 2.75) is 25.7 Å². The zero-order chi connectivity index (χ0) is 14.3. The Bertz CT molecular complexity index is 436. The molecule has 23 heavy (non-hydrogen) atoms. The van der Waals surface area contributed by atoms with E-state index in [0.717, 1.165) is 18.4 Å². The fourth-order valence-electron chi connectivity index (χ4n) is 3.82. The highest BCUT2D eigenvalue weighted by molar-refractivity contribution is 5.85. The van der Waals surface area contributed by atoms with Crippen molar-refractivity contribution in [1.29, 1.82) is 0 Å². The van der Waals surface area contributed by atoms with Crippen LogP contribution in [0.15, 0.2) is 36.4 Å². The number of rotatable bonds is 4. The molecule has 0 amide bonds. The van der Waals surface area contributed by atoms with E-state index in [9.17, 15) is 0 Å². The first-order chi connectivity index (χ1) is 10.4. The van der Waals surface area contributed by atoms with Crippen molar-refractivity contribution < 1.29 is 0 Å². The molecular weight excluding hydrogens is 327 g/mol. The number of benzene rings is 1. The average molecular weight is 357 g/mol. The molecule has 2 aliphatic heterocycles. The number of hydrogen-bond donors (Lipinski definition) is 1. The Labute approximate surface area is 153 Å². The lowest BCUT2D eigenvalue weighted by molar-refractivity contribution is 0.139. The van der Waals surface area contributed by atoms with E-state index in [4.69, 9.17) is 0 Å². The van der Waals surface area contributed by atoms with Gasteiger partial charge in [-0.1, -0.05) is 42.5 Å². The highest BCUT2D eigenvalue weighted by atomic mass is 35.5. The summed E-state index contributed by atoms with van der Waals surface area (Å²) in [5, 5.41) is 3.49. The van der Waals surface area contributed by atoms with Crippen LogP contribution < -0.4 is 5.32 Å². The monoisotopic (exact) mass is 356 g/mol. The topological polar surface area (TPSA) is 15.3 Å². The summed E-state index contributed by atoms with van der Waals surface area (Å²) >= 11 is 0. The Morgan fingerprint density at radius 3 is 2.17 bits per heavy atom. The molecule has 0 unspecified atom stereocenters. The first-order valence-corrected chi connectivity index (χ1v) is 8.56. The summed E-state index contributed by atoms with van der Waals surface area (Å²) in [5.41, 5.74) is 1.31. The van der Waals surface area contributed by atoms with E-state index in [0.29, 0.717) is 0 Å². The third-order valence-corrected chi connectivity index (χ3v) is 5.16. The minimum atomic E-state index is 0. The fourth-order valence-corrected chi connectivity index (χ4v) is 3.82. The van der Waals surface area contributed by atoms with Crippen LogP contribution in [-0.4, -0.2) is 37.6 Å². The van der Waals surface area contributed by atoms with Crippen LogP contribution >= 0.6 is 24.8 Å². The Kier molecular flexibility index (Phi) is 9.89. The molecule has 130 valence electrons. The standard InChI is InChI=1S/C19H28N2.2ClH/c1-2-5-17(6-3-1)7-4-14-21-15-10-19(11-16-21)18-8-12-20-13-9-18;;/h1-7,18-20H,8-16H2;2*1H. The molecule has 0 saturated carbocycles. The van der Waals surface area contributed by atoms with E-state index < -0.39 is 0 Å². The molecule has 4 heteroatoms. The van der Waals surface area contributed by atoms with Crippen molar-refractivity contribution in [1.82, 2.24) is 10.2 Å². The number of piperidine rings is 2. The highest BCUT2D eigenvalue weighted by Crippen LogP contribution is 2.30. The van der Waals surface area contributed by atoms with E-state index in [1.807, 2.05) is 0 Å². The predicted octanol–water partition coefficient (Wildman–Crippen LogP) is 4.26. The van der Waals surface area contributed by atoms with E-state index in [1.54, 1.807) is 0 Å². The molecule has 3 rings (SSSR count). The van der Waals surface area contributed by atoms with Gasteiger partial charge < -0.3 is 5.32 Å². The molecular formula is C19H30Cl2N2. The van der Waals surface area contributed by atoms with Gasteiger partial charge in [0.2, 0.25) is 0 Å². The molecule has 1 aromatic rings. The second-order valence-corrected chi connectivity index (χ2v) is 6.54. The molecule has 1 aromatic carbocycles. The predicted molar refractivity (Wildman–Crippen MR) is 105 cm³/mol. The van der Waals surface area contributed by atoms with Crippen LogP contribution in [0.5, 0.6) is 0 Å². The minimum absolute atomic E-state index is 0. The van der Waals surface area contributed by atoms with Crippen LogP contribution in [0.2, 0.25) is 0 Å². The van der Waals surface area contributed by atoms with Crippen LogP contribution in [0.1, 0.15) is 31.2 Å². The first kappa shape index (κ1) is 20.5. The molecule has 0 aromatic heterocycles. The number of hydrogen-bond acceptors (Lipinski definition) is 2. The van der Waals surface area contributed by atoms with Crippen molar-refractivity contribution in [2.75, 3.05) is 32.7 Å². The van der Waals surface area contributed by atoms with Crippen molar-refractivity contribution in [3.05, 3.63) is 42.0 Å². The smallest absolute Gasteiger partial charge is 0.0166 e. The maximum absolute atomic E-state index is 3.49. The summed E-state index contributed by atoms with van der Waals surface area (Å²) in [4.78, 5) is 2.61. The molecule has 2 heterocycles. The molecule has 2 nitrogen and oxygen atoms in total. The molecule has 0 spiro atoms. The molecule has 2 aliphatic rings. The van der Waals surface area contributed by atoms with Crippen LogP contribution in [0, 0.1) is 11.8 Å². The van der Waals surface area contributed by atoms with Crippen LogP contribution in [-0.2, 0) is 0 Å². The quantitative estimate of drug-likeness (QED) is 0.866. The molecule has 2 fully saturated rings. The van der Waals surface area contributed by atoms with Gasteiger partial charge in [-0.05, 0) is 69.3 Å². The maximum atomic E-state index is 3.49. The van der Waals surface area contributed by atoms with E-state index in [-0.39, 0.29) is 24.8 Å². The third-order valence-electron chi connectivity index (χ3n) is 5.16. The first-order valence-electron chi connectivity index (χ1n) is 8.56. The molecule has 0 aliphatic carbocycles. The maximum Gasteiger partial charge on any atom is 0.0166 e. The lowest BCUT2D eigenvalue weighted by Crippen LogP contribution is -2.39. The Balaban J connectivity index is 0.00000132. The van der Waals surface area contributed by atoms with Crippen LogP contribution in [0.3, 0.4) is 0 Å². The van der Waals surface area contributed by atoms with Gasteiger partial charge in [0.1, 0.15) is 0 Å². The van der Waals surface area contributed by atoms with Gasteiger partial charge in [-0.3, -0.25) is 4.90 Å². The number of nitrogens with one attached hydrogen (secondary N) is 1. The Morgan fingerprint density at radius 2 is 1.52 bits per heavy atom. The zero-order valence-electron chi connectivity index (χ0n) is 13.8. The number of halogens is 2. The molecule has 0 bridgehead atoms. The molecule has 1 N–H and O–H groups in total. The molecule has 0 atom stereocenters. The SMILES string of the molecule is C(=Cc1ccccc1)CN1CCC(C2CCNCC2)CC1.Cl.Cl. The van der Waals surface area contributed by atoms with Gasteiger partial charge in [-0.2, -0.15) is 0 Å². The van der Waals surface area contributed by atoms with Gasteiger partial charge in [-0.15, -0.1) is 24.8 Å². The summed E-state index contributed by atoms with van der Waals surface area (Å²) in [7, 11) is 0. The van der Waals surface area contributed by atoms with Gasteiger partial charge in [0, 0.05) is 6.54 Å². The summed E-state index contributed by atoms with van der Waals surface area (Å²) in [6.45, 7) is 6.16. The van der Waals surface area contributed by atoms with E-state index in [2.05, 4.69) is 52.7 Å². The summed E-state index contributed by atoms with van der Waals surface area (Å²) in [6.07, 6.45) is 10.2. The average Bonchev–Trinajstić information content (AvgIpc) is 2.57. The highest BCUT2D eigenvalue weighted by Gasteiger charge is 2.26. The molecule has 2 saturated heterocycles. The second kappa shape index (κ2) is 11.1. The van der Waals surface area contributed by atoms with E-state index in [1.165, 1.54) is 57.4 Å². The lowest BCUT2D eigenvalue weighted by atomic mass is 9.79. The largest absolute Gasteiger partial charge is 0.317 e. The summed E-state index contributed by atoms with van der Waals surface area (Å²) in [5.74, 6) is 1.98. The Hall–Kier alpha value is -0.540. The summed E-state index contributed by atoms with van der Waals surface area (Å²) in [6, 6.07) is 10.6. The van der Waals surface area contributed by atoms with Gasteiger partial charge in [0.05, 0.1) is 0 Å². The van der Waals surface area contributed by atoms with Gasteiger partial charge in [0.25, 0.3) is 0 Å². The van der Waals surface area contributed by atoms with E-state index >= 15 is 0 Å². The van der Waals surface area contributed by atoms with Crippen LogP contribution in [0.25, 0.3) is 6.08 Å². The fraction of sp³-hybridized carbons (Fsp3) is 0.579. The lowest BCUT2D eigenvalue weighted by Gasteiger charge is -2.37. The van der Waals surface area contributed by atoms with Crippen molar-refractivity contribution >= 4 is 30.9 Å². The third kappa shape index (κ3) is 6.46. The van der Waals surface area contributed by atoms with Crippen molar-refractivity contribution in [3.8, 4) is 0 Å². The minimum Gasteiger partial charge on any atom is -0.317 e. The number of nitrogens with zero attached hydrogens (tertiary/aromatic N) is 1. The zero-order valence-corrected chi connectivity index (χ0v) is 15.5. The van der Waals surface area contributed by atoms with Crippen molar-refractivity contribution in [2.24, 2.45) is 11.8 Å². The summed E-state index contributed by atoms with van der Waals surface area (Å²) < 4.78 is 0. The number of likely N-dealkylation sites (tertiary alicyclic amines) is 1. The Morgan fingerprint density at radius 1 is 0.913 bits per heavy atom. The normalized spacial score (nSPS) is 20.9. The van der Waals surface area contributed by atoms with Gasteiger partial charge in [0.15, 0.2) is 0 Å². The second-order valence-electron chi connectivity index (χ2n) is 6.54. The van der Waals surface area contributed by atoms with Gasteiger partial charge in [-0.25, -0.2) is 0 Å².